The molecule has 0 atom stereocenters. The summed E-state index contributed by atoms with van der Waals surface area (Å²) in [6.07, 6.45) is 1.49. The van der Waals surface area contributed by atoms with Crippen molar-refractivity contribution in [2.45, 2.75) is 19.6 Å². The van der Waals surface area contributed by atoms with Crippen molar-refractivity contribution in [1.29, 1.82) is 0 Å². The molecule has 8 heteroatoms. The summed E-state index contributed by atoms with van der Waals surface area (Å²) in [5.74, 6) is -0.383. The van der Waals surface area contributed by atoms with Crippen LogP contribution < -0.4 is 10.0 Å². The van der Waals surface area contributed by atoms with Gasteiger partial charge in [0.25, 0.3) is 5.91 Å². The van der Waals surface area contributed by atoms with E-state index in [2.05, 4.69) is 21.7 Å². The Morgan fingerprint density at radius 1 is 1.10 bits per heavy atom. The Kier molecular flexibility index (Phi) is 6.49. The second-order valence-corrected chi connectivity index (χ2v) is 8.74. The molecular formula is C22H24N4O3S. The Labute approximate surface area is 176 Å². The van der Waals surface area contributed by atoms with Gasteiger partial charge in [-0.2, -0.15) is 5.10 Å². The lowest BCUT2D eigenvalue weighted by molar-refractivity contribution is 0.102. The number of benzene rings is 2. The number of aromatic nitrogens is 2. The van der Waals surface area contributed by atoms with Crippen LogP contribution in [0.25, 0.3) is 5.69 Å². The van der Waals surface area contributed by atoms with Crippen LogP contribution in [0.2, 0.25) is 0 Å². The van der Waals surface area contributed by atoms with Crippen LogP contribution in [0.3, 0.4) is 0 Å². The zero-order chi connectivity index (χ0) is 21.7. The molecule has 0 radical (unpaired) electrons. The van der Waals surface area contributed by atoms with Crippen LogP contribution in [0.4, 0.5) is 5.69 Å². The summed E-state index contributed by atoms with van der Waals surface area (Å²) in [6, 6.07) is 15.9. The molecule has 0 saturated heterocycles. The molecular weight excluding hydrogens is 400 g/mol. The summed E-state index contributed by atoms with van der Waals surface area (Å²) >= 11 is 0. The molecule has 0 saturated carbocycles. The lowest BCUT2D eigenvalue weighted by Crippen LogP contribution is -2.25. The van der Waals surface area contributed by atoms with E-state index in [0.29, 0.717) is 16.8 Å². The van der Waals surface area contributed by atoms with Crippen LogP contribution in [0.15, 0.2) is 67.3 Å². The number of rotatable bonds is 8. The number of carbonyl (C=O) groups is 1. The first kappa shape index (κ1) is 21.5. The predicted octanol–water partition coefficient (Wildman–Crippen LogP) is 3.35. The van der Waals surface area contributed by atoms with E-state index >= 15 is 0 Å². The third-order valence-corrected chi connectivity index (χ3v) is 5.72. The van der Waals surface area contributed by atoms with E-state index < -0.39 is 10.0 Å². The first-order valence-electron chi connectivity index (χ1n) is 9.39. The van der Waals surface area contributed by atoms with Crippen LogP contribution in [0, 0.1) is 13.8 Å². The highest BCUT2D eigenvalue weighted by Gasteiger charge is 2.11. The maximum absolute atomic E-state index is 12.5. The second-order valence-electron chi connectivity index (χ2n) is 6.93. The Hall–Kier alpha value is -3.23. The molecule has 7 nitrogen and oxygen atoms in total. The van der Waals surface area contributed by atoms with Gasteiger partial charge in [-0.15, -0.1) is 6.58 Å². The van der Waals surface area contributed by atoms with E-state index in [9.17, 15) is 13.2 Å². The average Bonchev–Trinajstić information content (AvgIpc) is 3.06. The molecule has 156 valence electrons. The van der Waals surface area contributed by atoms with Crippen molar-refractivity contribution >= 4 is 21.6 Å². The van der Waals surface area contributed by atoms with Gasteiger partial charge in [0.05, 0.1) is 17.1 Å². The van der Waals surface area contributed by atoms with E-state index in [4.69, 9.17) is 0 Å². The minimum atomic E-state index is -3.42. The maximum Gasteiger partial charge on any atom is 0.255 e. The zero-order valence-electron chi connectivity index (χ0n) is 16.9. The van der Waals surface area contributed by atoms with E-state index in [1.54, 1.807) is 36.4 Å². The molecule has 0 spiro atoms. The van der Waals surface area contributed by atoms with Gasteiger partial charge < -0.3 is 5.32 Å². The van der Waals surface area contributed by atoms with Crippen molar-refractivity contribution in [3.63, 3.8) is 0 Å². The van der Waals surface area contributed by atoms with E-state index in [-0.39, 0.29) is 18.2 Å². The number of carbonyl (C=O) groups excluding carboxylic acids is 1. The molecule has 0 bridgehead atoms. The number of sulfonamides is 1. The predicted molar refractivity (Wildman–Crippen MR) is 118 cm³/mol. The molecule has 2 N–H and O–H groups in total. The SMILES string of the molecule is C=CCNS(=O)(=O)Cc1ccc(NC(=O)c2ccc(-n3nc(C)cc3C)cc2)cc1. The van der Waals surface area contributed by atoms with E-state index in [1.165, 1.54) is 6.08 Å². The highest BCUT2D eigenvalue weighted by Crippen LogP contribution is 2.16. The van der Waals surface area contributed by atoms with Crippen LogP contribution >= 0.6 is 0 Å². The third-order valence-electron chi connectivity index (χ3n) is 4.40. The molecule has 0 aliphatic rings. The maximum atomic E-state index is 12.5. The molecule has 0 aliphatic carbocycles. The second kappa shape index (κ2) is 9.06. The summed E-state index contributed by atoms with van der Waals surface area (Å²) in [6.45, 7) is 7.59. The van der Waals surface area contributed by atoms with Gasteiger partial charge in [-0.25, -0.2) is 17.8 Å². The fourth-order valence-corrected chi connectivity index (χ4v) is 4.09. The summed E-state index contributed by atoms with van der Waals surface area (Å²) in [4.78, 5) is 12.5. The number of hydrogen-bond donors (Lipinski definition) is 2. The van der Waals surface area contributed by atoms with Gasteiger partial charge in [0.15, 0.2) is 0 Å². The largest absolute Gasteiger partial charge is 0.322 e. The standard InChI is InChI=1S/C22H24N4O3S/c1-4-13-23-30(28,29)15-18-5-9-20(10-6-18)24-22(27)19-7-11-21(12-8-19)26-17(3)14-16(2)25-26/h4-12,14,23H,1,13,15H2,2-3H3,(H,24,27). The van der Waals surface area contributed by atoms with Crippen molar-refractivity contribution < 1.29 is 13.2 Å². The lowest BCUT2D eigenvalue weighted by atomic mass is 10.1. The smallest absolute Gasteiger partial charge is 0.255 e. The normalized spacial score (nSPS) is 11.3. The molecule has 0 aliphatic heterocycles. The zero-order valence-corrected chi connectivity index (χ0v) is 17.7. The first-order valence-corrected chi connectivity index (χ1v) is 11.0. The van der Waals surface area contributed by atoms with Gasteiger partial charge in [-0.3, -0.25) is 4.79 Å². The summed E-state index contributed by atoms with van der Waals surface area (Å²) in [5.41, 5.74) is 4.56. The Balaban J connectivity index is 1.64. The average molecular weight is 425 g/mol. The van der Waals surface area contributed by atoms with E-state index in [0.717, 1.165) is 17.1 Å². The van der Waals surface area contributed by atoms with Crippen LogP contribution in [-0.4, -0.2) is 30.7 Å². The quantitative estimate of drug-likeness (QED) is 0.543. The molecule has 30 heavy (non-hydrogen) atoms. The molecule has 0 unspecified atom stereocenters. The Bertz CT molecular complexity index is 1150. The van der Waals surface area contributed by atoms with Crippen molar-refractivity contribution in [3.05, 3.63) is 89.8 Å². The number of amides is 1. The number of nitrogens with one attached hydrogen (secondary N) is 2. The molecule has 2 aromatic carbocycles. The number of anilines is 1. The van der Waals surface area contributed by atoms with Gasteiger partial charge >= 0.3 is 0 Å². The van der Waals surface area contributed by atoms with Crippen LogP contribution in [-0.2, 0) is 15.8 Å². The van der Waals surface area contributed by atoms with Gasteiger partial charge in [0, 0.05) is 23.5 Å². The summed E-state index contributed by atoms with van der Waals surface area (Å²) < 4.78 is 28.1. The minimum Gasteiger partial charge on any atom is -0.322 e. The fraction of sp³-hybridized carbons (Fsp3) is 0.182. The molecule has 1 heterocycles. The molecule has 1 aromatic heterocycles. The van der Waals surface area contributed by atoms with Crippen molar-refractivity contribution in [2.24, 2.45) is 0 Å². The highest BCUT2D eigenvalue weighted by atomic mass is 32.2. The summed E-state index contributed by atoms with van der Waals surface area (Å²) in [7, 11) is -3.42. The number of nitrogens with zero attached hydrogens (tertiary/aromatic N) is 2. The topological polar surface area (TPSA) is 93.1 Å². The van der Waals surface area contributed by atoms with Crippen molar-refractivity contribution in [2.75, 3.05) is 11.9 Å². The molecule has 1 amide bonds. The Morgan fingerprint density at radius 2 is 1.77 bits per heavy atom. The van der Waals surface area contributed by atoms with Gasteiger partial charge in [0.1, 0.15) is 0 Å². The third kappa shape index (κ3) is 5.43. The molecule has 3 rings (SSSR count). The molecule has 3 aromatic rings. The van der Waals surface area contributed by atoms with Crippen molar-refractivity contribution in [3.8, 4) is 5.69 Å². The number of hydrogen-bond acceptors (Lipinski definition) is 4. The lowest BCUT2D eigenvalue weighted by Gasteiger charge is -2.09. The summed E-state index contributed by atoms with van der Waals surface area (Å²) in [5, 5.41) is 7.25. The first-order chi connectivity index (χ1) is 14.3. The van der Waals surface area contributed by atoms with Gasteiger partial charge in [-0.1, -0.05) is 18.2 Å². The van der Waals surface area contributed by atoms with E-state index in [1.807, 2.05) is 36.7 Å². The Morgan fingerprint density at radius 3 is 2.33 bits per heavy atom. The van der Waals surface area contributed by atoms with Gasteiger partial charge in [-0.05, 0) is 61.9 Å². The highest BCUT2D eigenvalue weighted by molar-refractivity contribution is 7.88. The van der Waals surface area contributed by atoms with Gasteiger partial charge in [0.2, 0.25) is 10.0 Å². The number of aryl methyl sites for hydroxylation is 2. The monoisotopic (exact) mass is 424 g/mol. The van der Waals surface area contributed by atoms with Crippen LogP contribution in [0.5, 0.6) is 0 Å². The van der Waals surface area contributed by atoms with Crippen molar-refractivity contribution in [1.82, 2.24) is 14.5 Å². The fourth-order valence-electron chi connectivity index (χ4n) is 2.99. The molecule has 0 fully saturated rings. The minimum absolute atomic E-state index is 0.136. The van der Waals surface area contributed by atoms with Crippen LogP contribution in [0.1, 0.15) is 27.3 Å².